The SMILES string of the molecule is COC(=O)c1nc(Cl)cc(NCc2cnc(C)cn2)c1Cl. The maximum atomic E-state index is 11.6. The zero-order chi connectivity index (χ0) is 15.4. The molecule has 0 bridgehead atoms. The van der Waals surface area contributed by atoms with Crippen molar-refractivity contribution < 1.29 is 9.53 Å². The first-order valence-corrected chi connectivity index (χ1v) is 6.72. The largest absolute Gasteiger partial charge is 0.464 e. The molecule has 2 aromatic heterocycles. The fourth-order valence-corrected chi connectivity index (χ4v) is 1.99. The number of aromatic nitrogens is 3. The molecular formula is C13H12Cl2N4O2. The van der Waals surface area contributed by atoms with Gasteiger partial charge in [0.15, 0.2) is 5.69 Å². The Hall–Kier alpha value is -1.92. The number of carbonyl (C=O) groups excluding carboxylic acids is 1. The molecule has 110 valence electrons. The van der Waals surface area contributed by atoms with Crippen LogP contribution in [0.1, 0.15) is 21.9 Å². The van der Waals surface area contributed by atoms with Crippen LogP contribution in [-0.2, 0) is 11.3 Å². The highest BCUT2D eigenvalue weighted by Gasteiger charge is 2.17. The van der Waals surface area contributed by atoms with Gasteiger partial charge in [-0.1, -0.05) is 23.2 Å². The summed E-state index contributed by atoms with van der Waals surface area (Å²) in [5.74, 6) is -0.652. The van der Waals surface area contributed by atoms with E-state index in [0.717, 1.165) is 11.4 Å². The highest BCUT2D eigenvalue weighted by atomic mass is 35.5. The van der Waals surface area contributed by atoms with Crippen molar-refractivity contribution in [2.45, 2.75) is 13.5 Å². The number of anilines is 1. The molecule has 0 aliphatic heterocycles. The summed E-state index contributed by atoms with van der Waals surface area (Å²) < 4.78 is 4.61. The lowest BCUT2D eigenvalue weighted by molar-refractivity contribution is 0.0594. The number of ether oxygens (including phenoxy) is 1. The van der Waals surface area contributed by atoms with Crippen molar-refractivity contribution in [3.8, 4) is 0 Å². The quantitative estimate of drug-likeness (QED) is 0.687. The lowest BCUT2D eigenvalue weighted by atomic mass is 10.3. The molecule has 0 aliphatic carbocycles. The molecule has 6 nitrogen and oxygen atoms in total. The number of pyridine rings is 1. The molecule has 0 unspecified atom stereocenters. The van der Waals surface area contributed by atoms with Gasteiger partial charge in [0.1, 0.15) is 5.15 Å². The smallest absolute Gasteiger partial charge is 0.358 e. The Labute approximate surface area is 131 Å². The minimum Gasteiger partial charge on any atom is -0.464 e. The molecule has 21 heavy (non-hydrogen) atoms. The van der Waals surface area contributed by atoms with Crippen LogP contribution in [0.15, 0.2) is 18.5 Å². The Balaban J connectivity index is 2.21. The second kappa shape index (κ2) is 6.69. The van der Waals surface area contributed by atoms with Crippen LogP contribution >= 0.6 is 23.2 Å². The summed E-state index contributed by atoms with van der Waals surface area (Å²) in [4.78, 5) is 23.8. The Morgan fingerprint density at radius 1 is 1.33 bits per heavy atom. The number of rotatable bonds is 4. The lowest BCUT2D eigenvalue weighted by Crippen LogP contribution is -2.09. The van der Waals surface area contributed by atoms with Gasteiger partial charge < -0.3 is 10.1 Å². The van der Waals surface area contributed by atoms with E-state index in [1.807, 2.05) is 6.92 Å². The summed E-state index contributed by atoms with van der Waals surface area (Å²) in [7, 11) is 1.25. The van der Waals surface area contributed by atoms with Crippen molar-refractivity contribution in [1.29, 1.82) is 0 Å². The number of nitrogens with one attached hydrogen (secondary N) is 1. The van der Waals surface area contributed by atoms with Crippen LogP contribution in [0.3, 0.4) is 0 Å². The summed E-state index contributed by atoms with van der Waals surface area (Å²) in [6, 6.07) is 1.53. The molecule has 2 rings (SSSR count). The van der Waals surface area contributed by atoms with Gasteiger partial charge in [-0.25, -0.2) is 9.78 Å². The molecule has 0 aliphatic rings. The fourth-order valence-electron chi connectivity index (χ4n) is 1.56. The zero-order valence-corrected chi connectivity index (χ0v) is 12.9. The summed E-state index contributed by atoms with van der Waals surface area (Å²) in [6.45, 7) is 2.24. The van der Waals surface area contributed by atoms with Gasteiger partial charge in [0.05, 0.1) is 41.9 Å². The van der Waals surface area contributed by atoms with E-state index in [-0.39, 0.29) is 15.9 Å². The van der Waals surface area contributed by atoms with E-state index in [0.29, 0.717) is 12.2 Å². The number of esters is 1. The molecule has 0 fully saturated rings. The van der Waals surface area contributed by atoms with E-state index in [1.165, 1.54) is 13.2 Å². The highest BCUT2D eigenvalue weighted by Crippen LogP contribution is 2.28. The molecule has 0 atom stereocenters. The van der Waals surface area contributed by atoms with E-state index in [2.05, 4.69) is 25.0 Å². The van der Waals surface area contributed by atoms with E-state index < -0.39 is 5.97 Å². The fraction of sp³-hybridized carbons (Fsp3) is 0.231. The maximum Gasteiger partial charge on any atom is 0.358 e. The number of aryl methyl sites for hydroxylation is 1. The molecule has 0 radical (unpaired) electrons. The van der Waals surface area contributed by atoms with Gasteiger partial charge in [0, 0.05) is 12.3 Å². The second-order valence-corrected chi connectivity index (χ2v) is 4.91. The molecule has 0 aromatic carbocycles. The van der Waals surface area contributed by atoms with Crippen molar-refractivity contribution in [2.75, 3.05) is 12.4 Å². The van der Waals surface area contributed by atoms with Crippen LogP contribution in [0.5, 0.6) is 0 Å². The van der Waals surface area contributed by atoms with Gasteiger partial charge in [-0.05, 0) is 6.92 Å². The number of halogens is 2. The standard InChI is InChI=1S/C13H12Cl2N4O2/c1-7-4-17-8(5-16-7)6-18-9-3-10(14)19-12(11(9)15)13(20)21-2/h3-5H,6H2,1-2H3,(H,18,19). The van der Waals surface area contributed by atoms with Gasteiger partial charge in [0.2, 0.25) is 0 Å². The second-order valence-electron chi connectivity index (χ2n) is 4.15. The zero-order valence-electron chi connectivity index (χ0n) is 11.4. The van der Waals surface area contributed by atoms with Crippen molar-refractivity contribution in [3.05, 3.63) is 45.7 Å². The molecule has 2 heterocycles. The number of carbonyl (C=O) groups is 1. The van der Waals surface area contributed by atoms with Crippen molar-refractivity contribution in [3.63, 3.8) is 0 Å². The summed E-state index contributed by atoms with van der Waals surface area (Å²) in [5.41, 5.74) is 1.99. The van der Waals surface area contributed by atoms with Crippen LogP contribution < -0.4 is 5.32 Å². The van der Waals surface area contributed by atoms with Crippen molar-refractivity contribution in [1.82, 2.24) is 15.0 Å². The normalized spacial score (nSPS) is 10.3. The predicted octanol–water partition coefficient (Wildman–Crippen LogP) is 2.89. The average Bonchev–Trinajstić information content (AvgIpc) is 2.48. The molecular weight excluding hydrogens is 315 g/mol. The van der Waals surface area contributed by atoms with E-state index >= 15 is 0 Å². The van der Waals surface area contributed by atoms with Gasteiger partial charge in [-0.3, -0.25) is 9.97 Å². The maximum absolute atomic E-state index is 11.6. The van der Waals surface area contributed by atoms with Crippen LogP contribution in [0.4, 0.5) is 5.69 Å². The van der Waals surface area contributed by atoms with Gasteiger partial charge in [0.25, 0.3) is 0 Å². The van der Waals surface area contributed by atoms with Crippen molar-refractivity contribution >= 4 is 34.9 Å². The average molecular weight is 327 g/mol. The number of hydrogen-bond donors (Lipinski definition) is 1. The molecule has 0 spiro atoms. The first-order valence-electron chi connectivity index (χ1n) is 5.97. The van der Waals surface area contributed by atoms with Gasteiger partial charge in [-0.15, -0.1) is 0 Å². The number of nitrogens with zero attached hydrogens (tertiary/aromatic N) is 3. The van der Waals surface area contributed by atoms with Crippen molar-refractivity contribution in [2.24, 2.45) is 0 Å². The van der Waals surface area contributed by atoms with Crippen LogP contribution in [0, 0.1) is 6.92 Å². The Morgan fingerprint density at radius 3 is 2.71 bits per heavy atom. The van der Waals surface area contributed by atoms with Gasteiger partial charge in [-0.2, -0.15) is 0 Å². The Kier molecular flexibility index (Phi) is 4.93. The van der Waals surface area contributed by atoms with Crippen LogP contribution in [-0.4, -0.2) is 28.0 Å². The first-order chi connectivity index (χ1) is 10.0. The van der Waals surface area contributed by atoms with Crippen LogP contribution in [0.2, 0.25) is 10.2 Å². The Morgan fingerprint density at radius 2 is 2.10 bits per heavy atom. The minimum absolute atomic E-state index is 0.0378. The topological polar surface area (TPSA) is 77.0 Å². The third-order valence-corrected chi connectivity index (χ3v) is 3.18. The minimum atomic E-state index is -0.652. The van der Waals surface area contributed by atoms with Gasteiger partial charge >= 0.3 is 5.97 Å². The number of hydrogen-bond acceptors (Lipinski definition) is 6. The van der Waals surface area contributed by atoms with E-state index in [4.69, 9.17) is 23.2 Å². The monoisotopic (exact) mass is 326 g/mol. The molecule has 0 saturated carbocycles. The summed E-state index contributed by atoms with van der Waals surface area (Å²) >= 11 is 12.0. The van der Waals surface area contributed by atoms with Crippen LogP contribution in [0.25, 0.3) is 0 Å². The summed E-state index contributed by atoms with van der Waals surface area (Å²) in [6.07, 6.45) is 3.32. The number of methoxy groups -OCH3 is 1. The molecule has 1 N–H and O–H groups in total. The third kappa shape index (κ3) is 3.80. The predicted molar refractivity (Wildman–Crippen MR) is 79.7 cm³/mol. The molecule has 0 amide bonds. The third-order valence-electron chi connectivity index (χ3n) is 2.60. The van der Waals surface area contributed by atoms with E-state index in [9.17, 15) is 4.79 Å². The molecule has 2 aromatic rings. The Bertz CT molecular complexity index is 662. The molecule has 0 saturated heterocycles. The first kappa shape index (κ1) is 15.5. The van der Waals surface area contributed by atoms with E-state index in [1.54, 1.807) is 12.4 Å². The summed E-state index contributed by atoms with van der Waals surface area (Å²) in [5, 5.41) is 3.32. The highest BCUT2D eigenvalue weighted by molar-refractivity contribution is 6.37. The molecule has 8 heteroatoms. The lowest BCUT2D eigenvalue weighted by Gasteiger charge is -2.10.